The quantitative estimate of drug-likeness (QED) is 0.462. The van der Waals surface area contributed by atoms with E-state index in [-0.39, 0.29) is 17.5 Å². The molecule has 0 aromatic carbocycles. The zero-order chi connectivity index (χ0) is 11.0. The van der Waals surface area contributed by atoms with Crippen molar-refractivity contribution in [1.82, 2.24) is 0 Å². The second kappa shape index (κ2) is 8.04. The first-order chi connectivity index (χ1) is 6.59. The Kier molecular flexibility index (Phi) is 7.86. The second-order valence-electron chi connectivity index (χ2n) is 3.47. The van der Waals surface area contributed by atoms with Crippen molar-refractivity contribution in [2.75, 3.05) is 11.5 Å². The lowest BCUT2D eigenvalue weighted by Crippen LogP contribution is -2.19. The lowest BCUT2D eigenvalue weighted by Gasteiger charge is -2.09. The van der Waals surface area contributed by atoms with Gasteiger partial charge in [-0.05, 0) is 38.2 Å². The zero-order valence-corrected chi connectivity index (χ0v) is 10.2. The van der Waals surface area contributed by atoms with Gasteiger partial charge < -0.3 is 0 Å². The molecule has 82 valence electrons. The highest BCUT2D eigenvalue weighted by Gasteiger charge is 2.18. The minimum atomic E-state index is -0.346. The summed E-state index contributed by atoms with van der Waals surface area (Å²) >= 11 is 1.91. The van der Waals surface area contributed by atoms with Crippen LogP contribution in [0.4, 0.5) is 0 Å². The van der Waals surface area contributed by atoms with Crippen LogP contribution in [0.15, 0.2) is 0 Å². The highest BCUT2D eigenvalue weighted by molar-refractivity contribution is 7.99. The van der Waals surface area contributed by atoms with E-state index < -0.39 is 0 Å². The molecular formula is C11H20O2S. The topological polar surface area (TPSA) is 34.1 Å². The van der Waals surface area contributed by atoms with Gasteiger partial charge in [0.25, 0.3) is 0 Å². The summed E-state index contributed by atoms with van der Waals surface area (Å²) in [5.74, 6) is 1.96. The fourth-order valence-electron chi connectivity index (χ4n) is 1.39. The van der Waals surface area contributed by atoms with Crippen LogP contribution in [0.2, 0.25) is 0 Å². The number of rotatable bonds is 8. The summed E-state index contributed by atoms with van der Waals surface area (Å²) in [5, 5.41) is 0. The van der Waals surface area contributed by atoms with E-state index in [0.29, 0.717) is 0 Å². The van der Waals surface area contributed by atoms with E-state index in [9.17, 15) is 9.59 Å². The van der Waals surface area contributed by atoms with Gasteiger partial charge in [0.1, 0.15) is 11.6 Å². The SMILES string of the molecule is CCSCCCCC(C(C)=O)C(C)=O. The van der Waals surface area contributed by atoms with Gasteiger partial charge in [-0.1, -0.05) is 13.3 Å². The van der Waals surface area contributed by atoms with E-state index >= 15 is 0 Å². The predicted octanol–water partition coefficient (Wildman–Crippen LogP) is 2.70. The molecule has 0 bridgehead atoms. The first-order valence-electron chi connectivity index (χ1n) is 5.18. The Bertz CT molecular complexity index is 176. The van der Waals surface area contributed by atoms with Crippen LogP contribution in [0.3, 0.4) is 0 Å². The summed E-state index contributed by atoms with van der Waals surface area (Å²) in [4.78, 5) is 22.2. The number of thioether (sulfide) groups is 1. The molecule has 2 nitrogen and oxygen atoms in total. The lowest BCUT2D eigenvalue weighted by atomic mass is 9.95. The van der Waals surface area contributed by atoms with Crippen LogP contribution in [0.25, 0.3) is 0 Å². The molecule has 0 radical (unpaired) electrons. The largest absolute Gasteiger partial charge is 0.299 e. The number of carbonyl (C=O) groups excluding carboxylic acids is 2. The number of Topliss-reactive ketones (excluding diaryl/α,β-unsaturated/α-hetero) is 2. The molecule has 0 amide bonds. The summed E-state index contributed by atoms with van der Waals surface area (Å²) in [5.41, 5.74) is 0. The normalized spacial score (nSPS) is 10.6. The van der Waals surface area contributed by atoms with E-state index in [1.807, 2.05) is 11.8 Å². The molecule has 0 aromatic rings. The van der Waals surface area contributed by atoms with Crippen LogP contribution >= 0.6 is 11.8 Å². The van der Waals surface area contributed by atoms with Crippen molar-refractivity contribution in [3.05, 3.63) is 0 Å². The molecule has 14 heavy (non-hydrogen) atoms. The number of ketones is 2. The lowest BCUT2D eigenvalue weighted by molar-refractivity contribution is -0.130. The first-order valence-corrected chi connectivity index (χ1v) is 6.33. The monoisotopic (exact) mass is 216 g/mol. The van der Waals surface area contributed by atoms with Gasteiger partial charge in [-0.2, -0.15) is 11.8 Å². The molecule has 0 aliphatic heterocycles. The van der Waals surface area contributed by atoms with Crippen LogP contribution in [-0.4, -0.2) is 23.1 Å². The smallest absolute Gasteiger partial charge is 0.140 e. The van der Waals surface area contributed by atoms with E-state index in [4.69, 9.17) is 0 Å². The maximum absolute atomic E-state index is 11.1. The molecule has 0 aliphatic rings. The molecule has 0 unspecified atom stereocenters. The van der Waals surface area contributed by atoms with Crippen molar-refractivity contribution in [1.29, 1.82) is 0 Å². The number of unbranched alkanes of at least 4 members (excludes halogenated alkanes) is 1. The molecule has 0 aromatic heterocycles. The van der Waals surface area contributed by atoms with E-state index in [1.54, 1.807) is 0 Å². The maximum Gasteiger partial charge on any atom is 0.140 e. The summed E-state index contributed by atoms with van der Waals surface area (Å²) in [6, 6.07) is 0. The Morgan fingerprint density at radius 1 is 1.14 bits per heavy atom. The molecule has 0 saturated heterocycles. The third kappa shape index (κ3) is 6.19. The molecule has 0 atom stereocenters. The Morgan fingerprint density at radius 2 is 1.71 bits per heavy atom. The maximum atomic E-state index is 11.1. The predicted molar refractivity (Wildman–Crippen MR) is 61.7 cm³/mol. The summed E-state index contributed by atoms with van der Waals surface area (Å²) < 4.78 is 0. The van der Waals surface area contributed by atoms with Crippen molar-refractivity contribution in [3.8, 4) is 0 Å². The van der Waals surface area contributed by atoms with Crippen LogP contribution < -0.4 is 0 Å². The van der Waals surface area contributed by atoms with E-state index in [1.165, 1.54) is 13.8 Å². The molecular weight excluding hydrogens is 196 g/mol. The number of hydrogen-bond acceptors (Lipinski definition) is 3. The summed E-state index contributed by atoms with van der Waals surface area (Å²) in [6.45, 7) is 5.15. The third-order valence-electron chi connectivity index (χ3n) is 2.22. The molecule has 3 heteroatoms. The summed E-state index contributed by atoms with van der Waals surface area (Å²) in [6.07, 6.45) is 2.82. The average Bonchev–Trinajstić information content (AvgIpc) is 2.09. The van der Waals surface area contributed by atoms with Gasteiger partial charge in [-0.15, -0.1) is 0 Å². The first kappa shape index (κ1) is 13.7. The second-order valence-corrected chi connectivity index (χ2v) is 4.86. The van der Waals surface area contributed by atoms with Crippen molar-refractivity contribution in [2.45, 2.75) is 40.0 Å². The van der Waals surface area contributed by atoms with Gasteiger partial charge in [0.05, 0.1) is 5.92 Å². The molecule has 0 fully saturated rings. The van der Waals surface area contributed by atoms with Gasteiger partial charge >= 0.3 is 0 Å². The van der Waals surface area contributed by atoms with Crippen molar-refractivity contribution in [2.24, 2.45) is 5.92 Å². The molecule has 0 aliphatic carbocycles. The number of hydrogen-bond donors (Lipinski definition) is 0. The van der Waals surface area contributed by atoms with Crippen molar-refractivity contribution >= 4 is 23.3 Å². The van der Waals surface area contributed by atoms with Gasteiger partial charge in [0, 0.05) is 0 Å². The van der Waals surface area contributed by atoms with Crippen LogP contribution in [-0.2, 0) is 9.59 Å². The van der Waals surface area contributed by atoms with Crippen LogP contribution in [0, 0.1) is 5.92 Å². The summed E-state index contributed by atoms with van der Waals surface area (Å²) in [7, 11) is 0. The van der Waals surface area contributed by atoms with Crippen LogP contribution in [0.5, 0.6) is 0 Å². The minimum Gasteiger partial charge on any atom is -0.299 e. The van der Waals surface area contributed by atoms with Gasteiger partial charge in [-0.3, -0.25) is 9.59 Å². The van der Waals surface area contributed by atoms with Crippen molar-refractivity contribution < 1.29 is 9.59 Å². The van der Waals surface area contributed by atoms with Crippen molar-refractivity contribution in [3.63, 3.8) is 0 Å². The highest BCUT2D eigenvalue weighted by atomic mass is 32.2. The molecule has 0 rings (SSSR count). The highest BCUT2D eigenvalue weighted by Crippen LogP contribution is 2.13. The Morgan fingerprint density at radius 3 is 2.14 bits per heavy atom. The number of carbonyl (C=O) groups is 2. The molecule has 0 saturated carbocycles. The van der Waals surface area contributed by atoms with Gasteiger partial charge in [0.2, 0.25) is 0 Å². The Labute approximate surface area is 90.8 Å². The fraction of sp³-hybridized carbons (Fsp3) is 0.818. The fourth-order valence-corrected chi connectivity index (χ4v) is 2.09. The molecule has 0 spiro atoms. The standard InChI is InChI=1S/C11H20O2S/c1-4-14-8-6-5-7-11(9(2)12)10(3)13/h11H,4-8H2,1-3H3. The van der Waals surface area contributed by atoms with E-state index in [2.05, 4.69) is 6.92 Å². The Balaban J connectivity index is 3.62. The third-order valence-corrected chi connectivity index (χ3v) is 3.20. The zero-order valence-electron chi connectivity index (χ0n) is 9.34. The molecule has 0 heterocycles. The van der Waals surface area contributed by atoms with E-state index in [0.717, 1.165) is 30.8 Å². The average molecular weight is 216 g/mol. The minimum absolute atomic E-state index is 0.0145. The Hall–Kier alpha value is -0.310. The van der Waals surface area contributed by atoms with Gasteiger partial charge in [-0.25, -0.2) is 0 Å². The molecule has 0 N–H and O–H groups in total. The van der Waals surface area contributed by atoms with Crippen LogP contribution in [0.1, 0.15) is 40.0 Å². The van der Waals surface area contributed by atoms with Gasteiger partial charge in [0.15, 0.2) is 0 Å².